The summed E-state index contributed by atoms with van der Waals surface area (Å²) in [5.74, 6) is 0.421. The Morgan fingerprint density at radius 3 is 3.00 bits per heavy atom. The van der Waals surface area contributed by atoms with Crippen LogP contribution >= 0.6 is 0 Å². The number of fused-ring (bicyclic) bond motifs is 2. The molecule has 0 saturated heterocycles. The van der Waals surface area contributed by atoms with Gasteiger partial charge in [-0.25, -0.2) is 9.97 Å². The minimum atomic E-state index is 0.421. The molecule has 104 valence electrons. The Hall–Kier alpha value is -2.26. The van der Waals surface area contributed by atoms with Crippen LogP contribution in [-0.2, 0) is 6.54 Å². The first-order chi connectivity index (χ1) is 10.3. The maximum atomic E-state index is 4.31. The lowest BCUT2D eigenvalue weighted by Crippen LogP contribution is -2.30. The Bertz CT molecular complexity index is 797. The van der Waals surface area contributed by atoms with Crippen LogP contribution in [-0.4, -0.2) is 28.5 Å². The fourth-order valence-electron chi connectivity index (χ4n) is 3.29. The lowest BCUT2D eigenvalue weighted by Gasteiger charge is -2.32. The number of hydrogen-bond acceptors (Lipinski definition) is 3. The fraction of sp³-hybridized carbons (Fsp3) is 0.222. The molecule has 2 aromatic carbocycles. The van der Waals surface area contributed by atoms with Crippen molar-refractivity contribution in [2.75, 3.05) is 13.6 Å². The molecule has 1 aliphatic rings. The Balaban J connectivity index is 1.84. The van der Waals surface area contributed by atoms with Gasteiger partial charge < -0.3 is 4.90 Å². The van der Waals surface area contributed by atoms with E-state index in [2.05, 4.69) is 64.4 Å². The lowest BCUT2D eigenvalue weighted by molar-refractivity contribution is 0.295. The van der Waals surface area contributed by atoms with Gasteiger partial charge in [0, 0.05) is 30.6 Å². The van der Waals surface area contributed by atoms with E-state index >= 15 is 0 Å². The normalized spacial score (nSPS) is 18.6. The molecule has 0 aliphatic carbocycles. The van der Waals surface area contributed by atoms with Crippen molar-refractivity contribution in [3.8, 4) is 0 Å². The molecule has 2 heterocycles. The van der Waals surface area contributed by atoms with Crippen LogP contribution in [0.25, 0.3) is 10.9 Å². The molecule has 0 radical (unpaired) electrons. The highest BCUT2D eigenvalue weighted by molar-refractivity contribution is 5.78. The monoisotopic (exact) mass is 275 g/mol. The first kappa shape index (κ1) is 12.5. The van der Waals surface area contributed by atoms with Gasteiger partial charge in [-0.1, -0.05) is 30.3 Å². The number of likely N-dealkylation sites (N-methyl/N-ethyl adjacent to an activating group) is 1. The Morgan fingerprint density at radius 2 is 2.05 bits per heavy atom. The van der Waals surface area contributed by atoms with Crippen molar-refractivity contribution in [3.63, 3.8) is 0 Å². The van der Waals surface area contributed by atoms with E-state index in [0.717, 1.165) is 24.0 Å². The SMILES string of the molecule is CN1Cc2ccccc2[C@H](c2ccc3ncncc3c2)C1. The van der Waals surface area contributed by atoms with Crippen molar-refractivity contribution in [2.45, 2.75) is 12.5 Å². The summed E-state index contributed by atoms with van der Waals surface area (Å²) in [7, 11) is 2.19. The minimum absolute atomic E-state index is 0.421. The Kier molecular flexibility index (Phi) is 2.93. The summed E-state index contributed by atoms with van der Waals surface area (Å²) in [6, 6.07) is 15.3. The van der Waals surface area contributed by atoms with Crippen LogP contribution in [0.5, 0.6) is 0 Å². The third-order valence-electron chi connectivity index (χ3n) is 4.30. The van der Waals surface area contributed by atoms with Crippen molar-refractivity contribution < 1.29 is 0 Å². The molecular formula is C18H17N3. The molecule has 1 atom stereocenters. The van der Waals surface area contributed by atoms with Crippen LogP contribution in [0.15, 0.2) is 55.0 Å². The third kappa shape index (κ3) is 2.20. The maximum absolute atomic E-state index is 4.31. The second kappa shape index (κ2) is 4.93. The predicted molar refractivity (Wildman–Crippen MR) is 84.2 cm³/mol. The maximum Gasteiger partial charge on any atom is 0.116 e. The van der Waals surface area contributed by atoms with E-state index < -0.39 is 0 Å². The minimum Gasteiger partial charge on any atom is -0.301 e. The third-order valence-corrected chi connectivity index (χ3v) is 4.30. The average molecular weight is 275 g/mol. The Morgan fingerprint density at radius 1 is 1.14 bits per heavy atom. The van der Waals surface area contributed by atoms with Gasteiger partial charge in [0.2, 0.25) is 0 Å². The lowest BCUT2D eigenvalue weighted by atomic mass is 9.84. The Labute approximate surface area is 124 Å². The molecule has 3 heteroatoms. The summed E-state index contributed by atoms with van der Waals surface area (Å²) in [5, 5.41) is 1.11. The van der Waals surface area contributed by atoms with Gasteiger partial charge in [0.1, 0.15) is 6.33 Å². The molecule has 0 amide bonds. The number of aromatic nitrogens is 2. The molecule has 21 heavy (non-hydrogen) atoms. The zero-order valence-electron chi connectivity index (χ0n) is 12.0. The van der Waals surface area contributed by atoms with Gasteiger partial charge in [0.15, 0.2) is 0 Å². The highest BCUT2D eigenvalue weighted by atomic mass is 15.1. The largest absolute Gasteiger partial charge is 0.301 e. The first-order valence-corrected chi connectivity index (χ1v) is 7.27. The molecule has 3 aromatic rings. The zero-order valence-corrected chi connectivity index (χ0v) is 12.0. The second-order valence-corrected chi connectivity index (χ2v) is 5.79. The molecule has 4 rings (SSSR count). The number of nitrogens with zero attached hydrogens (tertiary/aromatic N) is 3. The van der Waals surface area contributed by atoms with Gasteiger partial charge >= 0.3 is 0 Å². The standard InChI is InChI=1S/C18H17N3/c1-21-10-14-4-2-3-5-16(14)17(11-21)13-6-7-18-15(8-13)9-19-12-20-18/h2-9,12,17H,10-11H2,1H3/t17-/m0/s1. The van der Waals surface area contributed by atoms with Crippen LogP contribution < -0.4 is 0 Å². The van der Waals surface area contributed by atoms with Crippen molar-refractivity contribution in [2.24, 2.45) is 0 Å². The van der Waals surface area contributed by atoms with Crippen LogP contribution in [0.2, 0.25) is 0 Å². The molecular weight excluding hydrogens is 258 g/mol. The summed E-state index contributed by atoms with van der Waals surface area (Å²) in [6.07, 6.45) is 3.50. The molecule has 3 nitrogen and oxygen atoms in total. The molecule has 0 fully saturated rings. The van der Waals surface area contributed by atoms with E-state index in [0.29, 0.717) is 5.92 Å². The molecule has 1 aliphatic heterocycles. The van der Waals surface area contributed by atoms with Crippen molar-refractivity contribution in [3.05, 3.63) is 71.7 Å². The van der Waals surface area contributed by atoms with Crippen LogP contribution in [0, 0.1) is 0 Å². The topological polar surface area (TPSA) is 29.0 Å². The van der Waals surface area contributed by atoms with Gasteiger partial charge in [-0.05, 0) is 35.9 Å². The van der Waals surface area contributed by atoms with Crippen molar-refractivity contribution in [1.82, 2.24) is 14.9 Å². The summed E-state index contributed by atoms with van der Waals surface area (Å²) in [4.78, 5) is 10.8. The number of rotatable bonds is 1. The smallest absolute Gasteiger partial charge is 0.116 e. The fourth-order valence-corrected chi connectivity index (χ4v) is 3.29. The number of benzene rings is 2. The van der Waals surface area contributed by atoms with Crippen LogP contribution in [0.4, 0.5) is 0 Å². The van der Waals surface area contributed by atoms with Gasteiger partial charge in [0.25, 0.3) is 0 Å². The van der Waals surface area contributed by atoms with Crippen molar-refractivity contribution >= 4 is 10.9 Å². The summed E-state index contributed by atoms with van der Waals surface area (Å²) in [5.41, 5.74) is 5.23. The molecule has 0 saturated carbocycles. The molecule has 0 N–H and O–H groups in total. The summed E-state index contributed by atoms with van der Waals surface area (Å²) >= 11 is 0. The highest BCUT2D eigenvalue weighted by Crippen LogP contribution is 2.33. The first-order valence-electron chi connectivity index (χ1n) is 7.27. The van der Waals surface area contributed by atoms with E-state index in [1.165, 1.54) is 16.7 Å². The van der Waals surface area contributed by atoms with E-state index in [4.69, 9.17) is 0 Å². The van der Waals surface area contributed by atoms with Gasteiger partial charge in [-0.2, -0.15) is 0 Å². The highest BCUT2D eigenvalue weighted by Gasteiger charge is 2.24. The molecule has 0 bridgehead atoms. The van der Waals surface area contributed by atoms with E-state index in [1.54, 1.807) is 6.33 Å². The average Bonchev–Trinajstić information content (AvgIpc) is 2.53. The van der Waals surface area contributed by atoms with E-state index in [9.17, 15) is 0 Å². The molecule has 1 aromatic heterocycles. The quantitative estimate of drug-likeness (QED) is 0.683. The van der Waals surface area contributed by atoms with Crippen LogP contribution in [0.3, 0.4) is 0 Å². The predicted octanol–water partition coefficient (Wildman–Crippen LogP) is 3.21. The van der Waals surface area contributed by atoms with Crippen molar-refractivity contribution in [1.29, 1.82) is 0 Å². The zero-order chi connectivity index (χ0) is 14.2. The van der Waals surface area contributed by atoms with E-state index in [-0.39, 0.29) is 0 Å². The van der Waals surface area contributed by atoms with Crippen LogP contribution in [0.1, 0.15) is 22.6 Å². The van der Waals surface area contributed by atoms with E-state index in [1.807, 2.05) is 6.20 Å². The summed E-state index contributed by atoms with van der Waals surface area (Å²) in [6.45, 7) is 2.08. The number of hydrogen-bond donors (Lipinski definition) is 0. The van der Waals surface area contributed by atoms with Gasteiger partial charge in [-0.3, -0.25) is 0 Å². The van der Waals surface area contributed by atoms with Gasteiger partial charge in [0.05, 0.1) is 5.52 Å². The molecule has 0 unspecified atom stereocenters. The van der Waals surface area contributed by atoms with Gasteiger partial charge in [-0.15, -0.1) is 0 Å². The second-order valence-electron chi connectivity index (χ2n) is 5.79. The summed E-state index contributed by atoms with van der Waals surface area (Å²) < 4.78 is 0. The molecule has 0 spiro atoms.